The standard InChI is InChI=1S/C15H21NO2S/c1-11-13(9-14(19-11)15(17)18)10-16-8-7-12-5-3-2-4-6-12/h5,9,16H,2-4,6-8,10H2,1H3,(H,17,18). The number of aryl methyl sites for hydroxylation is 1. The zero-order chi connectivity index (χ0) is 13.7. The van der Waals surface area contributed by atoms with Crippen LogP contribution in [-0.4, -0.2) is 17.6 Å². The number of hydrogen-bond donors (Lipinski definition) is 2. The fourth-order valence-corrected chi connectivity index (χ4v) is 3.28. The van der Waals surface area contributed by atoms with Gasteiger partial charge in [0.15, 0.2) is 0 Å². The maximum absolute atomic E-state index is 10.9. The molecule has 4 heteroatoms. The van der Waals surface area contributed by atoms with Crippen LogP contribution in [0.15, 0.2) is 17.7 Å². The minimum Gasteiger partial charge on any atom is -0.477 e. The Balaban J connectivity index is 1.76. The molecule has 0 amide bonds. The lowest BCUT2D eigenvalue weighted by Gasteiger charge is -2.12. The van der Waals surface area contributed by atoms with Gasteiger partial charge in [0.05, 0.1) is 0 Å². The van der Waals surface area contributed by atoms with Gasteiger partial charge >= 0.3 is 5.97 Å². The van der Waals surface area contributed by atoms with E-state index < -0.39 is 5.97 Å². The highest BCUT2D eigenvalue weighted by Crippen LogP contribution is 2.22. The molecule has 1 aromatic heterocycles. The highest BCUT2D eigenvalue weighted by Gasteiger charge is 2.10. The molecule has 3 nitrogen and oxygen atoms in total. The Labute approximate surface area is 118 Å². The van der Waals surface area contributed by atoms with Gasteiger partial charge in [0.25, 0.3) is 0 Å². The van der Waals surface area contributed by atoms with E-state index in [2.05, 4.69) is 11.4 Å². The Morgan fingerprint density at radius 2 is 2.32 bits per heavy atom. The van der Waals surface area contributed by atoms with Gasteiger partial charge in [-0.25, -0.2) is 4.79 Å². The predicted molar refractivity (Wildman–Crippen MR) is 78.9 cm³/mol. The molecule has 2 rings (SSSR count). The molecule has 1 aromatic rings. The normalized spacial score (nSPS) is 15.3. The fraction of sp³-hybridized carbons (Fsp3) is 0.533. The topological polar surface area (TPSA) is 49.3 Å². The van der Waals surface area contributed by atoms with Crippen LogP contribution < -0.4 is 5.32 Å². The van der Waals surface area contributed by atoms with E-state index in [9.17, 15) is 4.79 Å². The lowest BCUT2D eigenvalue weighted by atomic mass is 9.97. The van der Waals surface area contributed by atoms with Gasteiger partial charge in [0.2, 0.25) is 0 Å². The molecule has 0 spiro atoms. The van der Waals surface area contributed by atoms with Crippen molar-refractivity contribution >= 4 is 17.3 Å². The summed E-state index contributed by atoms with van der Waals surface area (Å²) in [5.74, 6) is -0.827. The quantitative estimate of drug-likeness (QED) is 0.616. The van der Waals surface area contributed by atoms with Crippen LogP contribution in [0.25, 0.3) is 0 Å². The van der Waals surface area contributed by atoms with Gasteiger partial charge in [-0.05, 0) is 57.2 Å². The first-order valence-electron chi connectivity index (χ1n) is 6.88. The lowest BCUT2D eigenvalue weighted by molar-refractivity contribution is 0.0702. The van der Waals surface area contributed by atoms with Crippen LogP contribution in [0.4, 0.5) is 0 Å². The monoisotopic (exact) mass is 279 g/mol. The average Bonchev–Trinajstić information content (AvgIpc) is 2.78. The van der Waals surface area contributed by atoms with E-state index in [1.54, 1.807) is 11.6 Å². The number of aromatic carboxylic acids is 1. The van der Waals surface area contributed by atoms with E-state index >= 15 is 0 Å². The minimum absolute atomic E-state index is 0.435. The Hall–Kier alpha value is -1.13. The smallest absolute Gasteiger partial charge is 0.345 e. The molecule has 0 saturated carbocycles. The molecule has 2 N–H and O–H groups in total. The first-order chi connectivity index (χ1) is 9.16. The third kappa shape index (κ3) is 4.18. The van der Waals surface area contributed by atoms with E-state index in [4.69, 9.17) is 5.11 Å². The van der Waals surface area contributed by atoms with E-state index in [0.717, 1.165) is 30.0 Å². The second-order valence-electron chi connectivity index (χ2n) is 5.03. The summed E-state index contributed by atoms with van der Waals surface area (Å²) >= 11 is 1.36. The van der Waals surface area contributed by atoms with Crippen molar-refractivity contribution in [1.82, 2.24) is 5.32 Å². The third-order valence-corrected chi connectivity index (χ3v) is 4.64. The highest BCUT2D eigenvalue weighted by molar-refractivity contribution is 7.14. The summed E-state index contributed by atoms with van der Waals surface area (Å²) in [6.07, 6.45) is 8.65. The Kier molecular flexibility index (Phi) is 5.16. The number of thiophene rings is 1. The van der Waals surface area contributed by atoms with Gasteiger partial charge in [0, 0.05) is 11.4 Å². The molecular weight excluding hydrogens is 258 g/mol. The summed E-state index contributed by atoms with van der Waals surface area (Å²) in [6, 6.07) is 1.79. The summed E-state index contributed by atoms with van der Waals surface area (Å²) < 4.78 is 0. The maximum atomic E-state index is 10.9. The highest BCUT2D eigenvalue weighted by atomic mass is 32.1. The first kappa shape index (κ1) is 14.3. The number of carboxylic acid groups (broad SMARTS) is 1. The SMILES string of the molecule is Cc1sc(C(=O)O)cc1CNCCC1=CCCCC1. The Morgan fingerprint density at radius 1 is 1.47 bits per heavy atom. The zero-order valence-corrected chi connectivity index (χ0v) is 12.2. The van der Waals surface area contributed by atoms with Crippen LogP contribution >= 0.6 is 11.3 Å². The number of allylic oxidation sites excluding steroid dienone is 1. The molecule has 0 unspecified atom stereocenters. The van der Waals surface area contributed by atoms with Crippen LogP contribution in [0, 0.1) is 6.92 Å². The van der Waals surface area contributed by atoms with Crippen molar-refractivity contribution in [3.8, 4) is 0 Å². The molecule has 0 aromatic carbocycles. The van der Waals surface area contributed by atoms with E-state index in [1.165, 1.54) is 37.0 Å². The summed E-state index contributed by atoms with van der Waals surface area (Å²) in [4.78, 5) is 12.4. The average molecular weight is 279 g/mol. The summed E-state index contributed by atoms with van der Waals surface area (Å²) in [7, 11) is 0. The number of rotatable bonds is 6. The van der Waals surface area contributed by atoms with Crippen molar-refractivity contribution in [3.63, 3.8) is 0 Å². The van der Waals surface area contributed by atoms with Crippen LogP contribution in [0.5, 0.6) is 0 Å². The van der Waals surface area contributed by atoms with Crippen LogP contribution in [0.3, 0.4) is 0 Å². The largest absolute Gasteiger partial charge is 0.477 e. The summed E-state index contributed by atoms with van der Waals surface area (Å²) in [5, 5.41) is 12.4. The van der Waals surface area contributed by atoms with Gasteiger partial charge in [-0.15, -0.1) is 11.3 Å². The second kappa shape index (κ2) is 6.87. The molecular formula is C15H21NO2S. The van der Waals surface area contributed by atoms with Crippen molar-refractivity contribution in [2.45, 2.75) is 45.6 Å². The minimum atomic E-state index is -0.827. The van der Waals surface area contributed by atoms with Gasteiger partial charge in [-0.3, -0.25) is 0 Å². The van der Waals surface area contributed by atoms with E-state index in [1.807, 2.05) is 6.92 Å². The van der Waals surface area contributed by atoms with Crippen molar-refractivity contribution < 1.29 is 9.90 Å². The molecule has 104 valence electrons. The van der Waals surface area contributed by atoms with Crippen LogP contribution in [0.1, 0.15) is 52.2 Å². The van der Waals surface area contributed by atoms with Crippen LogP contribution in [0.2, 0.25) is 0 Å². The molecule has 0 saturated heterocycles. The molecule has 1 aliphatic carbocycles. The van der Waals surface area contributed by atoms with E-state index in [-0.39, 0.29) is 0 Å². The van der Waals surface area contributed by atoms with E-state index in [0.29, 0.717) is 4.88 Å². The molecule has 0 bridgehead atoms. The molecule has 0 radical (unpaired) electrons. The van der Waals surface area contributed by atoms with Gasteiger partial charge in [-0.2, -0.15) is 0 Å². The van der Waals surface area contributed by atoms with Crippen molar-refractivity contribution in [2.75, 3.05) is 6.54 Å². The summed E-state index contributed by atoms with van der Waals surface area (Å²) in [6.45, 7) is 3.73. The Bertz CT molecular complexity index is 476. The first-order valence-corrected chi connectivity index (χ1v) is 7.69. The summed E-state index contributed by atoms with van der Waals surface area (Å²) in [5.41, 5.74) is 2.69. The number of nitrogens with one attached hydrogen (secondary N) is 1. The molecule has 1 heterocycles. The van der Waals surface area contributed by atoms with Gasteiger partial charge < -0.3 is 10.4 Å². The molecule has 0 fully saturated rings. The zero-order valence-electron chi connectivity index (χ0n) is 11.4. The predicted octanol–water partition coefficient (Wildman–Crippen LogP) is 3.73. The second-order valence-corrected chi connectivity index (χ2v) is 6.29. The van der Waals surface area contributed by atoms with Gasteiger partial charge in [-0.1, -0.05) is 11.6 Å². The van der Waals surface area contributed by atoms with Gasteiger partial charge in [0.1, 0.15) is 4.88 Å². The maximum Gasteiger partial charge on any atom is 0.345 e. The molecule has 19 heavy (non-hydrogen) atoms. The third-order valence-electron chi connectivity index (χ3n) is 3.55. The molecule has 0 atom stereocenters. The molecule has 0 aliphatic heterocycles. The number of hydrogen-bond acceptors (Lipinski definition) is 3. The molecule has 1 aliphatic rings. The fourth-order valence-electron chi connectivity index (χ4n) is 2.40. The van der Waals surface area contributed by atoms with Crippen LogP contribution in [-0.2, 0) is 6.54 Å². The van der Waals surface area contributed by atoms with Crippen molar-refractivity contribution in [3.05, 3.63) is 33.0 Å². The van der Waals surface area contributed by atoms with Crippen molar-refractivity contribution in [2.24, 2.45) is 0 Å². The Morgan fingerprint density at radius 3 is 2.95 bits per heavy atom. The number of carboxylic acids is 1. The lowest BCUT2D eigenvalue weighted by Crippen LogP contribution is -2.15. The number of carbonyl (C=O) groups is 1. The van der Waals surface area contributed by atoms with Crippen molar-refractivity contribution in [1.29, 1.82) is 0 Å².